The molecule has 3 aromatic rings. The van der Waals surface area contributed by atoms with E-state index in [4.69, 9.17) is 26.9 Å². The summed E-state index contributed by atoms with van der Waals surface area (Å²) in [5.74, 6) is 0.139. The van der Waals surface area contributed by atoms with Crippen LogP contribution < -0.4 is 10.5 Å². The first-order valence-electron chi connectivity index (χ1n) is 8.61. The summed E-state index contributed by atoms with van der Waals surface area (Å²) in [5.41, 5.74) is 8.85. The van der Waals surface area contributed by atoms with Crippen LogP contribution in [-0.2, 0) is 11.4 Å². The summed E-state index contributed by atoms with van der Waals surface area (Å²) in [4.78, 5) is 17.1. The van der Waals surface area contributed by atoms with Crippen molar-refractivity contribution in [2.24, 2.45) is 10.9 Å². The number of ether oxygens (including phenoxy) is 1. The summed E-state index contributed by atoms with van der Waals surface area (Å²) in [6, 6.07) is 21.5. The molecule has 0 aromatic heterocycles. The molecule has 0 saturated carbocycles. The molecule has 0 bridgehead atoms. The Labute approximate surface area is 168 Å². The van der Waals surface area contributed by atoms with Gasteiger partial charge in [-0.15, -0.1) is 0 Å². The second-order valence-electron chi connectivity index (χ2n) is 6.13. The number of hydrogen-bond donors (Lipinski definition) is 1. The van der Waals surface area contributed by atoms with Gasteiger partial charge in [0.1, 0.15) is 12.4 Å². The topological polar surface area (TPSA) is 73.9 Å². The molecule has 2 N–H and O–H groups in total. The van der Waals surface area contributed by atoms with E-state index < -0.39 is 5.97 Å². The highest BCUT2D eigenvalue weighted by molar-refractivity contribution is 6.31. The van der Waals surface area contributed by atoms with E-state index in [1.807, 2.05) is 55.5 Å². The van der Waals surface area contributed by atoms with Gasteiger partial charge >= 0.3 is 5.97 Å². The molecular weight excluding hydrogens is 376 g/mol. The Bertz CT molecular complexity index is 983. The molecule has 0 atom stereocenters. The number of benzene rings is 3. The maximum Gasteiger partial charge on any atom is 0.365 e. The first-order valence-corrected chi connectivity index (χ1v) is 8.99. The van der Waals surface area contributed by atoms with Crippen molar-refractivity contribution in [1.29, 1.82) is 0 Å². The van der Waals surface area contributed by atoms with Crippen molar-refractivity contribution < 1.29 is 14.4 Å². The lowest BCUT2D eigenvalue weighted by atomic mass is 10.1. The van der Waals surface area contributed by atoms with E-state index in [1.54, 1.807) is 24.3 Å². The fourth-order valence-electron chi connectivity index (χ4n) is 2.38. The third-order valence-electron chi connectivity index (χ3n) is 4.02. The average Bonchev–Trinajstić information content (AvgIpc) is 2.72. The van der Waals surface area contributed by atoms with E-state index in [1.165, 1.54) is 0 Å². The van der Waals surface area contributed by atoms with Crippen LogP contribution in [0.4, 0.5) is 0 Å². The van der Waals surface area contributed by atoms with Gasteiger partial charge < -0.3 is 15.3 Å². The predicted octanol–water partition coefficient (Wildman–Crippen LogP) is 4.70. The summed E-state index contributed by atoms with van der Waals surface area (Å²) in [6.45, 7) is 2.31. The van der Waals surface area contributed by atoms with E-state index >= 15 is 0 Å². The summed E-state index contributed by atoms with van der Waals surface area (Å²) in [7, 11) is 0. The molecule has 0 spiro atoms. The van der Waals surface area contributed by atoms with E-state index in [0.717, 1.165) is 11.1 Å². The van der Waals surface area contributed by atoms with Crippen molar-refractivity contribution in [3.05, 3.63) is 100 Å². The average molecular weight is 395 g/mol. The van der Waals surface area contributed by atoms with Gasteiger partial charge in [0.2, 0.25) is 0 Å². The number of halogens is 1. The highest BCUT2D eigenvalue weighted by Crippen LogP contribution is 2.19. The first kappa shape index (κ1) is 19.5. The Hall–Kier alpha value is -3.31. The van der Waals surface area contributed by atoms with Gasteiger partial charge in [-0.1, -0.05) is 64.8 Å². The van der Waals surface area contributed by atoms with Crippen LogP contribution in [0.3, 0.4) is 0 Å². The fraction of sp³-hybridized carbons (Fsp3) is 0.0909. The normalized spacial score (nSPS) is 11.1. The predicted molar refractivity (Wildman–Crippen MR) is 110 cm³/mol. The van der Waals surface area contributed by atoms with Crippen molar-refractivity contribution >= 4 is 23.4 Å². The Morgan fingerprint density at radius 2 is 1.61 bits per heavy atom. The number of nitrogens with two attached hydrogens (primary N) is 1. The Morgan fingerprint density at radius 3 is 2.29 bits per heavy atom. The molecule has 0 saturated heterocycles. The van der Waals surface area contributed by atoms with Gasteiger partial charge in [-0.3, -0.25) is 0 Å². The molecule has 0 fully saturated rings. The Kier molecular flexibility index (Phi) is 6.29. The lowest BCUT2D eigenvalue weighted by Crippen LogP contribution is -2.15. The van der Waals surface area contributed by atoms with Crippen LogP contribution in [0.15, 0.2) is 78.0 Å². The van der Waals surface area contributed by atoms with Gasteiger partial charge in [0, 0.05) is 16.1 Å². The van der Waals surface area contributed by atoms with Gasteiger partial charge in [-0.05, 0) is 37.3 Å². The molecule has 0 radical (unpaired) electrons. The van der Waals surface area contributed by atoms with Gasteiger partial charge in [0.05, 0.1) is 5.56 Å². The number of hydrogen-bond acceptors (Lipinski definition) is 4. The Morgan fingerprint density at radius 1 is 0.964 bits per heavy atom. The van der Waals surface area contributed by atoms with Crippen LogP contribution in [0.5, 0.6) is 5.75 Å². The van der Waals surface area contributed by atoms with Gasteiger partial charge in [0.25, 0.3) is 0 Å². The van der Waals surface area contributed by atoms with Crippen molar-refractivity contribution in [2.75, 3.05) is 0 Å². The van der Waals surface area contributed by atoms with E-state index in [2.05, 4.69) is 5.16 Å². The molecule has 0 amide bonds. The number of aryl methyl sites for hydroxylation is 1. The van der Waals surface area contributed by atoms with Crippen LogP contribution in [0.1, 0.15) is 27.0 Å². The van der Waals surface area contributed by atoms with Crippen molar-refractivity contribution in [2.45, 2.75) is 13.5 Å². The zero-order chi connectivity index (χ0) is 19.9. The number of nitrogens with zero attached hydrogens (tertiary/aromatic N) is 1. The zero-order valence-corrected chi connectivity index (χ0v) is 16.0. The maximum absolute atomic E-state index is 12.1. The smallest absolute Gasteiger partial charge is 0.365 e. The first-order chi connectivity index (χ1) is 13.5. The van der Waals surface area contributed by atoms with Crippen molar-refractivity contribution in [3.8, 4) is 5.75 Å². The van der Waals surface area contributed by atoms with Gasteiger partial charge in [-0.2, -0.15) is 0 Å². The summed E-state index contributed by atoms with van der Waals surface area (Å²) in [5, 5.41) is 4.35. The number of oxime groups is 1. The molecule has 0 heterocycles. The van der Waals surface area contributed by atoms with E-state index in [9.17, 15) is 4.79 Å². The molecule has 0 aliphatic rings. The number of carbonyl (C=O) groups excluding carboxylic acids is 1. The molecule has 5 nitrogen and oxygen atoms in total. The van der Waals surface area contributed by atoms with Crippen LogP contribution in [0.25, 0.3) is 0 Å². The van der Waals surface area contributed by atoms with Gasteiger partial charge in [0.15, 0.2) is 5.84 Å². The lowest BCUT2D eigenvalue weighted by Gasteiger charge is -2.08. The Balaban J connectivity index is 1.58. The van der Waals surface area contributed by atoms with Gasteiger partial charge in [-0.25, -0.2) is 4.79 Å². The largest absolute Gasteiger partial charge is 0.489 e. The second-order valence-corrected chi connectivity index (χ2v) is 6.53. The van der Waals surface area contributed by atoms with Crippen molar-refractivity contribution in [1.82, 2.24) is 0 Å². The molecule has 3 aromatic carbocycles. The number of amidine groups is 1. The van der Waals surface area contributed by atoms with Crippen LogP contribution in [-0.4, -0.2) is 11.8 Å². The second kappa shape index (κ2) is 9.06. The highest BCUT2D eigenvalue weighted by Gasteiger charge is 2.09. The summed E-state index contributed by atoms with van der Waals surface area (Å²) in [6.07, 6.45) is 0. The standard InChI is InChI=1S/C22H19ClN2O3/c1-15-6-8-16(9-7-15)21(24)25-28-22(26)17-10-12-19(13-11-17)27-14-18-4-2-3-5-20(18)23/h2-13H,14H2,1H3,(H2,24,25). The minimum absolute atomic E-state index is 0.132. The SMILES string of the molecule is Cc1ccc(/C(N)=N\OC(=O)c2ccc(OCc3ccccc3Cl)cc2)cc1. The van der Waals surface area contributed by atoms with Crippen LogP contribution in [0, 0.1) is 6.92 Å². The molecule has 6 heteroatoms. The maximum atomic E-state index is 12.1. The fourth-order valence-corrected chi connectivity index (χ4v) is 2.57. The summed E-state index contributed by atoms with van der Waals surface area (Å²) < 4.78 is 5.69. The molecular formula is C22H19ClN2O3. The van der Waals surface area contributed by atoms with Crippen LogP contribution >= 0.6 is 11.6 Å². The molecule has 28 heavy (non-hydrogen) atoms. The third-order valence-corrected chi connectivity index (χ3v) is 4.39. The highest BCUT2D eigenvalue weighted by atomic mass is 35.5. The minimum atomic E-state index is -0.604. The number of rotatable bonds is 6. The molecule has 0 unspecified atom stereocenters. The van der Waals surface area contributed by atoms with E-state index in [-0.39, 0.29) is 5.84 Å². The molecule has 0 aliphatic carbocycles. The molecule has 3 rings (SSSR count). The third kappa shape index (κ3) is 5.11. The van der Waals surface area contributed by atoms with Crippen molar-refractivity contribution in [3.63, 3.8) is 0 Å². The minimum Gasteiger partial charge on any atom is -0.489 e. The molecule has 142 valence electrons. The van der Waals surface area contributed by atoms with E-state index in [0.29, 0.717) is 28.5 Å². The summed E-state index contributed by atoms with van der Waals surface area (Å²) >= 11 is 6.11. The zero-order valence-electron chi connectivity index (χ0n) is 15.3. The van der Waals surface area contributed by atoms with Crippen LogP contribution in [0.2, 0.25) is 5.02 Å². The quantitative estimate of drug-likeness (QED) is 0.284. The number of carbonyl (C=O) groups is 1. The lowest BCUT2D eigenvalue weighted by molar-refractivity contribution is 0.0516. The monoisotopic (exact) mass is 394 g/mol. The molecule has 0 aliphatic heterocycles.